The topological polar surface area (TPSA) is 46.2 Å². The second-order valence-electron chi connectivity index (χ2n) is 4.55. The van der Waals surface area contributed by atoms with E-state index in [1.54, 1.807) is 11.8 Å². The largest absolute Gasteiger partial charge is 0.398 e. The van der Waals surface area contributed by atoms with Gasteiger partial charge in [-0.25, -0.2) is 0 Å². The van der Waals surface area contributed by atoms with Crippen molar-refractivity contribution in [1.82, 2.24) is 0 Å². The third-order valence-corrected chi connectivity index (χ3v) is 4.58. The van der Waals surface area contributed by atoms with Gasteiger partial charge in [-0.15, -0.1) is 11.8 Å². The third kappa shape index (κ3) is 2.71. The molecule has 0 aliphatic heterocycles. The summed E-state index contributed by atoms with van der Waals surface area (Å²) >= 11 is 1.74. The fourth-order valence-electron chi connectivity index (χ4n) is 2.12. The highest BCUT2D eigenvalue weighted by Crippen LogP contribution is 2.36. The van der Waals surface area contributed by atoms with Crippen molar-refractivity contribution in [3.05, 3.63) is 23.8 Å². The molecule has 0 spiro atoms. The number of rotatable bonds is 2. The fourth-order valence-corrected chi connectivity index (χ4v) is 3.48. The van der Waals surface area contributed by atoms with E-state index in [0.29, 0.717) is 5.25 Å². The van der Waals surface area contributed by atoms with Gasteiger partial charge in [0.25, 0.3) is 0 Å². The molecule has 3 N–H and O–H groups in total. The number of hydrogen-bond acceptors (Lipinski definition) is 3. The number of aliphatic hydroxyl groups is 1. The molecule has 1 aliphatic rings. The first kappa shape index (κ1) is 11.8. The van der Waals surface area contributed by atoms with E-state index in [1.807, 2.05) is 12.1 Å². The minimum absolute atomic E-state index is 0.168. The Balaban J connectivity index is 2.10. The zero-order chi connectivity index (χ0) is 11.5. The molecule has 2 atom stereocenters. The van der Waals surface area contributed by atoms with Crippen LogP contribution in [0, 0.1) is 6.92 Å². The number of benzene rings is 1. The van der Waals surface area contributed by atoms with E-state index < -0.39 is 0 Å². The standard InChI is InChI=1S/C13H19NOS/c1-9-6-7-10(14)13(8-9)16-12-5-3-2-4-11(12)15/h6-8,11-12,15H,2-5,14H2,1H3. The normalized spacial score (nSPS) is 25.6. The van der Waals surface area contributed by atoms with Crippen molar-refractivity contribution < 1.29 is 5.11 Å². The van der Waals surface area contributed by atoms with Crippen molar-refractivity contribution in [2.24, 2.45) is 0 Å². The summed E-state index contributed by atoms with van der Waals surface area (Å²) in [7, 11) is 0. The average molecular weight is 237 g/mol. The molecular formula is C13H19NOS. The Kier molecular flexibility index (Phi) is 3.77. The van der Waals surface area contributed by atoms with Gasteiger partial charge >= 0.3 is 0 Å². The van der Waals surface area contributed by atoms with Crippen molar-refractivity contribution >= 4 is 17.4 Å². The second-order valence-corrected chi connectivity index (χ2v) is 5.83. The Hall–Kier alpha value is -0.670. The number of hydrogen-bond donors (Lipinski definition) is 2. The summed E-state index contributed by atoms with van der Waals surface area (Å²) in [6, 6.07) is 6.09. The Morgan fingerprint density at radius 2 is 2.06 bits per heavy atom. The van der Waals surface area contributed by atoms with Gasteiger partial charge in [0.1, 0.15) is 0 Å². The molecule has 0 amide bonds. The van der Waals surface area contributed by atoms with Crippen LogP contribution in [-0.4, -0.2) is 16.5 Å². The number of aliphatic hydroxyl groups excluding tert-OH is 1. The van der Waals surface area contributed by atoms with Gasteiger partial charge in [0.2, 0.25) is 0 Å². The number of aryl methyl sites for hydroxylation is 1. The lowest BCUT2D eigenvalue weighted by atomic mass is 9.97. The molecule has 2 unspecified atom stereocenters. The Morgan fingerprint density at radius 3 is 2.81 bits per heavy atom. The molecule has 2 rings (SSSR count). The molecule has 0 aromatic heterocycles. The molecule has 1 aliphatic carbocycles. The summed E-state index contributed by atoms with van der Waals surface area (Å²) in [6.07, 6.45) is 4.24. The predicted octanol–water partition coefficient (Wildman–Crippen LogP) is 2.97. The first-order valence-electron chi connectivity index (χ1n) is 5.87. The summed E-state index contributed by atoms with van der Waals surface area (Å²) in [5.41, 5.74) is 8.00. The molecule has 1 saturated carbocycles. The van der Waals surface area contributed by atoms with Gasteiger partial charge in [0, 0.05) is 15.8 Å². The maximum Gasteiger partial charge on any atom is 0.0662 e. The minimum Gasteiger partial charge on any atom is -0.398 e. The zero-order valence-corrected chi connectivity index (χ0v) is 10.5. The fraction of sp³-hybridized carbons (Fsp3) is 0.538. The van der Waals surface area contributed by atoms with Crippen molar-refractivity contribution in [1.29, 1.82) is 0 Å². The van der Waals surface area contributed by atoms with Crippen LogP contribution in [0.1, 0.15) is 31.2 Å². The molecular weight excluding hydrogens is 218 g/mol. The maximum absolute atomic E-state index is 9.93. The van der Waals surface area contributed by atoms with Crippen LogP contribution in [0.2, 0.25) is 0 Å². The van der Waals surface area contributed by atoms with Crippen LogP contribution in [0.25, 0.3) is 0 Å². The lowest BCUT2D eigenvalue weighted by Crippen LogP contribution is -2.26. The quantitative estimate of drug-likeness (QED) is 0.777. The van der Waals surface area contributed by atoms with Gasteiger partial charge in [-0.3, -0.25) is 0 Å². The van der Waals surface area contributed by atoms with E-state index in [2.05, 4.69) is 13.0 Å². The minimum atomic E-state index is -0.168. The van der Waals surface area contributed by atoms with E-state index in [1.165, 1.54) is 12.0 Å². The van der Waals surface area contributed by atoms with Crippen molar-refractivity contribution in [3.63, 3.8) is 0 Å². The summed E-state index contributed by atoms with van der Waals surface area (Å²) in [6.45, 7) is 2.07. The van der Waals surface area contributed by atoms with Gasteiger partial charge in [0.15, 0.2) is 0 Å². The van der Waals surface area contributed by atoms with Crippen LogP contribution in [0.5, 0.6) is 0 Å². The third-order valence-electron chi connectivity index (χ3n) is 3.12. The highest BCUT2D eigenvalue weighted by Gasteiger charge is 2.24. The van der Waals surface area contributed by atoms with Gasteiger partial charge < -0.3 is 10.8 Å². The Labute approximate surface area is 101 Å². The first-order valence-corrected chi connectivity index (χ1v) is 6.75. The van der Waals surface area contributed by atoms with Crippen LogP contribution >= 0.6 is 11.8 Å². The molecule has 2 nitrogen and oxygen atoms in total. The summed E-state index contributed by atoms with van der Waals surface area (Å²) < 4.78 is 0. The molecule has 88 valence electrons. The van der Waals surface area contributed by atoms with Crippen LogP contribution in [0.15, 0.2) is 23.1 Å². The highest BCUT2D eigenvalue weighted by atomic mass is 32.2. The average Bonchev–Trinajstić information content (AvgIpc) is 2.27. The monoisotopic (exact) mass is 237 g/mol. The van der Waals surface area contributed by atoms with Crippen LogP contribution in [0.3, 0.4) is 0 Å². The number of anilines is 1. The lowest BCUT2D eigenvalue weighted by Gasteiger charge is -2.27. The van der Waals surface area contributed by atoms with Gasteiger partial charge in [-0.2, -0.15) is 0 Å². The van der Waals surface area contributed by atoms with Gasteiger partial charge in [-0.05, 0) is 37.5 Å². The molecule has 0 radical (unpaired) electrons. The summed E-state index contributed by atoms with van der Waals surface area (Å²) in [5.74, 6) is 0. The predicted molar refractivity (Wildman–Crippen MR) is 69.7 cm³/mol. The van der Waals surface area contributed by atoms with E-state index in [4.69, 9.17) is 5.73 Å². The van der Waals surface area contributed by atoms with E-state index in [0.717, 1.165) is 29.8 Å². The molecule has 16 heavy (non-hydrogen) atoms. The summed E-state index contributed by atoms with van der Waals surface area (Å²) in [4.78, 5) is 1.12. The lowest BCUT2D eigenvalue weighted by molar-refractivity contribution is 0.137. The molecule has 1 aromatic rings. The second kappa shape index (κ2) is 5.11. The Morgan fingerprint density at radius 1 is 1.31 bits per heavy atom. The molecule has 0 bridgehead atoms. The van der Waals surface area contributed by atoms with Gasteiger partial charge in [0.05, 0.1) is 6.10 Å². The molecule has 3 heteroatoms. The van der Waals surface area contributed by atoms with Crippen LogP contribution in [-0.2, 0) is 0 Å². The molecule has 0 saturated heterocycles. The molecule has 1 fully saturated rings. The smallest absolute Gasteiger partial charge is 0.0662 e. The molecule has 0 heterocycles. The van der Waals surface area contributed by atoms with E-state index >= 15 is 0 Å². The van der Waals surface area contributed by atoms with E-state index in [9.17, 15) is 5.11 Å². The number of nitrogens with two attached hydrogens (primary N) is 1. The molecule has 1 aromatic carbocycles. The SMILES string of the molecule is Cc1ccc(N)c(SC2CCCCC2O)c1. The van der Waals surface area contributed by atoms with Crippen molar-refractivity contribution in [2.75, 3.05) is 5.73 Å². The summed E-state index contributed by atoms with van der Waals surface area (Å²) in [5, 5.41) is 10.2. The van der Waals surface area contributed by atoms with E-state index in [-0.39, 0.29) is 6.10 Å². The van der Waals surface area contributed by atoms with Crippen LogP contribution < -0.4 is 5.73 Å². The highest BCUT2D eigenvalue weighted by molar-refractivity contribution is 8.00. The number of thioether (sulfide) groups is 1. The van der Waals surface area contributed by atoms with Crippen molar-refractivity contribution in [2.45, 2.75) is 48.9 Å². The maximum atomic E-state index is 9.93. The van der Waals surface area contributed by atoms with Gasteiger partial charge in [-0.1, -0.05) is 18.9 Å². The van der Waals surface area contributed by atoms with Crippen molar-refractivity contribution in [3.8, 4) is 0 Å². The first-order chi connectivity index (χ1) is 7.66. The Bertz CT molecular complexity index is 367. The zero-order valence-electron chi connectivity index (χ0n) is 9.65. The van der Waals surface area contributed by atoms with Crippen LogP contribution in [0.4, 0.5) is 5.69 Å². The number of nitrogen functional groups attached to an aromatic ring is 1.